The summed E-state index contributed by atoms with van der Waals surface area (Å²) in [6.07, 6.45) is 10.9. The predicted molar refractivity (Wildman–Crippen MR) is 97.6 cm³/mol. The topological polar surface area (TPSA) is 84.2 Å². The van der Waals surface area contributed by atoms with Crippen molar-refractivity contribution in [2.45, 2.75) is 38.6 Å². The molecule has 0 aromatic carbocycles. The van der Waals surface area contributed by atoms with E-state index in [1.54, 1.807) is 24.5 Å². The Bertz CT molecular complexity index is 781. The van der Waals surface area contributed by atoms with Crippen LogP contribution in [0, 0.1) is 0 Å². The molecule has 26 heavy (non-hydrogen) atoms. The monoisotopic (exact) mass is 353 g/mol. The number of nitrogens with one attached hydrogen (secondary N) is 2. The first-order valence-electron chi connectivity index (χ1n) is 8.95. The van der Waals surface area contributed by atoms with Crippen molar-refractivity contribution in [2.24, 2.45) is 0 Å². The Morgan fingerprint density at radius 3 is 2.85 bits per heavy atom. The first-order valence-corrected chi connectivity index (χ1v) is 8.95. The van der Waals surface area contributed by atoms with E-state index in [9.17, 15) is 9.59 Å². The fourth-order valence-corrected chi connectivity index (χ4v) is 2.94. The number of pyridine rings is 1. The highest BCUT2D eigenvalue weighted by Crippen LogP contribution is 2.19. The van der Waals surface area contributed by atoms with Gasteiger partial charge in [0.2, 0.25) is 0 Å². The van der Waals surface area contributed by atoms with Crippen LogP contribution in [0.5, 0.6) is 0 Å². The number of furan rings is 1. The second kappa shape index (κ2) is 8.99. The lowest BCUT2D eigenvalue weighted by atomic mass is 9.97. The molecular formula is C20H23N3O3. The fourth-order valence-electron chi connectivity index (χ4n) is 2.94. The minimum absolute atomic E-state index is 0.244. The molecule has 1 aliphatic carbocycles. The molecule has 1 aliphatic rings. The van der Waals surface area contributed by atoms with Crippen LogP contribution in [0.2, 0.25) is 0 Å². The molecule has 2 aromatic heterocycles. The van der Waals surface area contributed by atoms with Crippen molar-refractivity contribution in [2.75, 3.05) is 6.54 Å². The molecule has 0 saturated carbocycles. The fraction of sp³-hybridized carbons (Fsp3) is 0.350. The van der Waals surface area contributed by atoms with Gasteiger partial charge in [0, 0.05) is 18.3 Å². The van der Waals surface area contributed by atoms with Crippen molar-refractivity contribution in [1.82, 2.24) is 15.6 Å². The molecule has 2 N–H and O–H groups in total. The third kappa shape index (κ3) is 5.05. The third-order valence-electron chi connectivity index (χ3n) is 4.37. The zero-order chi connectivity index (χ0) is 18.2. The number of hydrogen-bond donors (Lipinski definition) is 2. The lowest BCUT2D eigenvalue weighted by Crippen LogP contribution is -2.27. The summed E-state index contributed by atoms with van der Waals surface area (Å²) in [5.41, 5.74) is 2.05. The molecular weight excluding hydrogens is 330 g/mol. The highest BCUT2D eigenvalue weighted by molar-refractivity contribution is 5.98. The van der Waals surface area contributed by atoms with Crippen molar-refractivity contribution in [3.8, 4) is 0 Å². The maximum atomic E-state index is 12.3. The van der Waals surface area contributed by atoms with Gasteiger partial charge in [0.25, 0.3) is 11.8 Å². The average Bonchev–Trinajstić information content (AvgIpc) is 3.20. The number of allylic oxidation sites excluding steroid dienone is 1. The Labute approximate surface area is 152 Å². The number of carbonyl (C=O) groups excluding carboxylic acids is 2. The number of amides is 2. The zero-order valence-electron chi connectivity index (χ0n) is 14.7. The maximum Gasteiger partial charge on any atom is 0.269 e. The van der Waals surface area contributed by atoms with Crippen molar-refractivity contribution in [3.05, 3.63) is 65.4 Å². The van der Waals surface area contributed by atoms with Crippen LogP contribution in [0.3, 0.4) is 0 Å². The first-order chi connectivity index (χ1) is 12.7. The van der Waals surface area contributed by atoms with Gasteiger partial charge in [-0.3, -0.25) is 14.6 Å². The predicted octanol–water partition coefficient (Wildman–Crippen LogP) is 3.22. The van der Waals surface area contributed by atoms with Crippen LogP contribution in [0.1, 0.15) is 58.7 Å². The molecule has 0 radical (unpaired) electrons. The summed E-state index contributed by atoms with van der Waals surface area (Å²) in [5.74, 6) is 0.134. The molecule has 0 fully saturated rings. The van der Waals surface area contributed by atoms with Gasteiger partial charge in [-0.1, -0.05) is 11.6 Å². The van der Waals surface area contributed by atoms with E-state index in [0.29, 0.717) is 24.4 Å². The van der Waals surface area contributed by atoms with Gasteiger partial charge in [-0.05, 0) is 56.4 Å². The van der Waals surface area contributed by atoms with Crippen molar-refractivity contribution < 1.29 is 14.0 Å². The Morgan fingerprint density at radius 1 is 1.15 bits per heavy atom. The Kier molecular flexibility index (Phi) is 6.19. The molecule has 2 aromatic rings. The summed E-state index contributed by atoms with van der Waals surface area (Å²) in [5, 5.41) is 5.63. The van der Waals surface area contributed by atoms with Crippen LogP contribution in [-0.2, 0) is 6.54 Å². The molecule has 0 bridgehead atoms. The van der Waals surface area contributed by atoms with Crippen LogP contribution >= 0.6 is 0 Å². The summed E-state index contributed by atoms with van der Waals surface area (Å²) in [4.78, 5) is 28.6. The summed E-state index contributed by atoms with van der Waals surface area (Å²) in [6, 6.07) is 6.64. The number of nitrogens with zero attached hydrogens (tertiary/aromatic N) is 1. The molecule has 2 amide bonds. The van der Waals surface area contributed by atoms with Gasteiger partial charge >= 0.3 is 0 Å². The zero-order valence-corrected chi connectivity index (χ0v) is 14.7. The van der Waals surface area contributed by atoms with Crippen LogP contribution in [0.4, 0.5) is 0 Å². The molecule has 6 nitrogen and oxygen atoms in total. The highest BCUT2D eigenvalue weighted by atomic mass is 16.3. The molecule has 0 saturated heterocycles. The quantitative estimate of drug-likeness (QED) is 0.749. The smallest absolute Gasteiger partial charge is 0.269 e. The molecule has 6 heteroatoms. The number of rotatable bonds is 7. The largest absolute Gasteiger partial charge is 0.467 e. The van der Waals surface area contributed by atoms with Gasteiger partial charge in [0.15, 0.2) is 0 Å². The SMILES string of the molecule is O=C(NCc1ccco1)c1ccnc(C(=O)NCCC2=CCCCC2)c1. The average molecular weight is 353 g/mol. The second-order valence-corrected chi connectivity index (χ2v) is 6.31. The normalized spacial score (nSPS) is 13.8. The molecule has 0 atom stereocenters. The summed E-state index contributed by atoms with van der Waals surface area (Å²) < 4.78 is 5.18. The Hall–Kier alpha value is -2.89. The number of carbonyl (C=O) groups is 2. The van der Waals surface area contributed by atoms with Gasteiger partial charge in [0.05, 0.1) is 12.8 Å². The van der Waals surface area contributed by atoms with Gasteiger partial charge in [-0.15, -0.1) is 0 Å². The lowest BCUT2D eigenvalue weighted by Gasteiger charge is -2.13. The van der Waals surface area contributed by atoms with Crippen LogP contribution < -0.4 is 10.6 Å². The van der Waals surface area contributed by atoms with Crippen LogP contribution in [0.25, 0.3) is 0 Å². The second-order valence-electron chi connectivity index (χ2n) is 6.31. The van der Waals surface area contributed by atoms with E-state index in [0.717, 1.165) is 19.3 Å². The highest BCUT2D eigenvalue weighted by Gasteiger charge is 2.12. The minimum atomic E-state index is -0.273. The van der Waals surface area contributed by atoms with Gasteiger partial charge in [-0.2, -0.15) is 0 Å². The molecule has 0 unspecified atom stereocenters. The molecule has 3 rings (SSSR count). The third-order valence-corrected chi connectivity index (χ3v) is 4.37. The van der Waals surface area contributed by atoms with Gasteiger partial charge in [0.1, 0.15) is 11.5 Å². The standard InChI is InChI=1S/C20H23N3O3/c24-19(23-14-17-7-4-12-26-17)16-9-11-21-18(13-16)20(25)22-10-8-15-5-2-1-3-6-15/h4-5,7,9,11-13H,1-3,6,8,10,14H2,(H,22,25)(H,23,24). The number of hydrogen-bond acceptors (Lipinski definition) is 4. The number of aromatic nitrogens is 1. The summed E-state index contributed by atoms with van der Waals surface area (Å²) >= 11 is 0. The minimum Gasteiger partial charge on any atom is -0.467 e. The van der Waals surface area contributed by atoms with Crippen molar-refractivity contribution in [1.29, 1.82) is 0 Å². The maximum absolute atomic E-state index is 12.3. The Morgan fingerprint density at radius 2 is 2.08 bits per heavy atom. The van der Waals surface area contributed by atoms with Crippen molar-refractivity contribution >= 4 is 11.8 Å². The van der Waals surface area contributed by atoms with E-state index in [4.69, 9.17) is 4.42 Å². The lowest BCUT2D eigenvalue weighted by molar-refractivity contribution is 0.0948. The molecule has 136 valence electrons. The van der Waals surface area contributed by atoms with E-state index >= 15 is 0 Å². The Balaban J connectivity index is 1.51. The van der Waals surface area contributed by atoms with E-state index in [1.165, 1.54) is 30.7 Å². The van der Waals surface area contributed by atoms with Gasteiger partial charge in [-0.25, -0.2) is 0 Å². The summed E-state index contributed by atoms with van der Waals surface area (Å²) in [7, 11) is 0. The molecule has 0 aliphatic heterocycles. The summed E-state index contributed by atoms with van der Waals surface area (Å²) in [6.45, 7) is 0.881. The van der Waals surface area contributed by atoms with E-state index in [2.05, 4.69) is 21.7 Å². The molecule has 0 spiro atoms. The van der Waals surface area contributed by atoms with Crippen LogP contribution in [-0.4, -0.2) is 23.3 Å². The van der Waals surface area contributed by atoms with E-state index in [-0.39, 0.29) is 17.5 Å². The van der Waals surface area contributed by atoms with E-state index < -0.39 is 0 Å². The molecule has 2 heterocycles. The van der Waals surface area contributed by atoms with Gasteiger partial charge < -0.3 is 15.1 Å². The first kappa shape index (κ1) is 17.9. The van der Waals surface area contributed by atoms with Crippen molar-refractivity contribution in [3.63, 3.8) is 0 Å². The van der Waals surface area contributed by atoms with Crippen LogP contribution in [0.15, 0.2) is 52.8 Å². The van der Waals surface area contributed by atoms with E-state index in [1.807, 2.05) is 0 Å².